The molecular weight excluding hydrogens is 362 g/mol. The SMILES string of the molecule is COc1ccc(-c2nc(S[C@@H](C)C(=O)Nc3ccccc3C#N)n[nH]2)cc1. The fraction of sp³-hybridized carbons (Fsp3) is 0.158. The van der Waals surface area contributed by atoms with Gasteiger partial charge in [0.15, 0.2) is 5.82 Å². The van der Waals surface area contributed by atoms with Crippen LogP contribution in [0, 0.1) is 11.3 Å². The molecule has 27 heavy (non-hydrogen) atoms. The third-order valence-corrected chi connectivity index (χ3v) is 4.75. The van der Waals surface area contributed by atoms with Crippen LogP contribution in [0.5, 0.6) is 5.75 Å². The van der Waals surface area contributed by atoms with Crippen molar-refractivity contribution in [3.8, 4) is 23.2 Å². The van der Waals surface area contributed by atoms with Crippen molar-refractivity contribution in [2.45, 2.75) is 17.3 Å². The number of carbonyl (C=O) groups is 1. The Morgan fingerprint density at radius 2 is 2.00 bits per heavy atom. The van der Waals surface area contributed by atoms with Gasteiger partial charge in [-0.3, -0.25) is 9.89 Å². The molecule has 0 saturated carbocycles. The minimum absolute atomic E-state index is 0.224. The van der Waals surface area contributed by atoms with Crippen molar-refractivity contribution >= 4 is 23.4 Å². The Bertz CT molecular complexity index is 978. The number of benzene rings is 2. The maximum atomic E-state index is 12.4. The summed E-state index contributed by atoms with van der Waals surface area (Å²) in [5.41, 5.74) is 1.78. The molecule has 2 N–H and O–H groups in total. The van der Waals surface area contributed by atoms with Crippen LogP contribution in [0.15, 0.2) is 53.7 Å². The van der Waals surface area contributed by atoms with Crippen LogP contribution < -0.4 is 10.1 Å². The molecule has 0 spiro atoms. The van der Waals surface area contributed by atoms with E-state index in [9.17, 15) is 4.79 Å². The number of hydrogen-bond donors (Lipinski definition) is 2. The summed E-state index contributed by atoms with van der Waals surface area (Å²) >= 11 is 1.23. The second-order valence-electron chi connectivity index (χ2n) is 5.60. The van der Waals surface area contributed by atoms with Crippen LogP contribution in [-0.4, -0.2) is 33.4 Å². The number of rotatable bonds is 6. The highest BCUT2D eigenvalue weighted by Gasteiger charge is 2.18. The van der Waals surface area contributed by atoms with Crippen molar-refractivity contribution in [1.82, 2.24) is 15.2 Å². The number of nitriles is 1. The molecule has 0 radical (unpaired) electrons. The van der Waals surface area contributed by atoms with Crippen LogP contribution in [0.2, 0.25) is 0 Å². The quantitative estimate of drug-likeness (QED) is 0.636. The Kier molecular flexibility index (Phi) is 5.74. The Morgan fingerprint density at radius 3 is 2.70 bits per heavy atom. The van der Waals surface area contributed by atoms with Crippen molar-refractivity contribution < 1.29 is 9.53 Å². The van der Waals surface area contributed by atoms with Gasteiger partial charge in [0, 0.05) is 5.56 Å². The van der Waals surface area contributed by atoms with E-state index in [1.54, 1.807) is 38.3 Å². The second-order valence-corrected chi connectivity index (χ2v) is 6.91. The van der Waals surface area contributed by atoms with Crippen LogP contribution in [0.1, 0.15) is 12.5 Å². The average Bonchev–Trinajstić information content (AvgIpc) is 3.16. The van der Waals surface area contributed by atoms with E-state index < -0.39 is 5.25 Å². The number of hydrogen-bond acceptors (Lipinski definition) is 6. The number of ether oxygens (including phenoxy) is 1. The van der Waals surface area contributed by atoms with E-state index >= 15 is 0 Å². The molecule has 0 bridgehead atoms. The van der Waals surface area contributed by atoms with Gasteiger partial charge in [0.25, 0.3) is 0 Å². The number of nitrogens with one attached hydrogen (secondary N) is 2. The molecule has 1 amide bonds. The van der Waals surface area contributed by atoms with E-state index in [-0.39, 0.29) is 5.91 Å². The van der Waals surface area contributed by atoms with Crippen molar-refractivity contribution in [3.63, 3.8) is 0 Å². The first-order valence-electron chi connectivity index (χ1n) is 8.14. The number of aromatic amines is 1. The predicted octanol–water partition coefficient (Wildman–Crippen LogP) is 3.47. The van der Waals surface area contributed by atoms with Gasteiger partial charge in [0.05, 0.1) is 23.6 Å². The van der Waals surface area contributed by atoms with Gasteiger partial charge in [0.2, 0.25) is 11.1 Å². The van der Waals surface area contributed by atoms with Crippen LogP contribution in [0.3, 0.4) is 0 Å². The molecule has 3 rings (SSSR count). The zero-order valence-electron chi connectivity index (χ0n) is 14.8. The third kappa shape index (κ3) is 4.46. The average molecular weight is 379 g/mol. The minimum atomic E-state index is -0.434. The zero-order valence-corrected chi connectivity index (χ0v) is 15.6. The molecule has 3 aromatic rings. The highest BCUT2D eigenvalue weighted by atomic mass is 32.2. The Labute approximate surface area is 160 Å². The summed E-state index contributed by atoms with van der Waals surface area (Å²) < 4.78 is 5.14. The first-order chi connectivity index (χ1) is 13.1. The molecule has 1 aromatic heterocycles. The fourth-order valence-corrected chi connectivity index (χ4v) is 3.04. The lowest BCUT2D eigenvalue weighted by Crippen LogP contribution is -2.23. The number of H-pyrrole nitrogens is 1. The van der Waals surface area contributed by atoms with Crippen LogP contribution in [0.25, 0.3) is 11.4 Å². The molecule has 8 heteroatoms. The topological polar surface area (TPSA) is 104 Å². The summed E-state index contributed by atoms with van der Waals surface area (Å²) in [5.74, 6) is 1.15. The number of para-hydroxylation sites is 1. The molecular formula is C19H17N5O2S. The molecule has 136 valence electrons. The Hall–Kier alpha value is -3.31. The van der Waals surface area contributed by atoms with Gasteiger partial charge in [-0.05, 0) is 43.3 Å². The number of methoxy groups -OCH3 is 1. The first-order valence-corrected chi connectivity index (χ1v) is 9.02. The summed E-state index contributed by atoms with van der Waals surface area (Å²) in [4.78, 5) is 16.8. The summed E-state index contributed by atoms with van der Waals surface area (Å²) in [6.07, 6.45) is 0. The van der Waals surface area contributed by atoms with E-state index in [0.717, 1.165) is 11.3 Å². The molecule has 0 fully saturated rings. The largest absolute Gasteiger partial charge is 0.497 e. The maximum absolute atomic E-state index is 12.4. The van der Waals surface area contributed by atoms with E-state index in [4.69, 9.17) is 10.00 Å². The van der Waals surface area contributed by atoms with E-state index in [1.165, 1.54) is 11.8 Å². The van der Waals surface area contributed by atoms with Gasteiger partial charge in [0.1, 0.15) is 11.8 Å². The Balaban J connectivity index is 1.65. The second kappa shape index (κ2) is 8.38. The van der Waals surface area contributed by atoms with E-state index in [0.29, 0.717) is 22.2 Å². The molecule has 1 atom stereocenters. The van der Waals surface area contributed by atoms with Crippen LogP contribution >= 0.6 is 11.8 Å². The van der Waals surface area contributed by atoms with Gasteiger partial charge < -0.3 is 10.1 Å². The summed E-state index contributed by atoms with van der Waals surface area (Å²) in [6, 6.07) is 16.4. The van der Waals surface area contributed by atoms with Crippen LogP contribution in [0.4, 0.5) is 5.69 Å². The van der Waals surface area contributed by atoms with Crippen molar-refractivity contribution in [2.75, 3.05) is 12.4 Å². The monoisotopic (exact) mass is 379 g/mol. The standard InChI is InChI=1S/C19H17N5O2S/c1-12(18(25)21-16-6-4-3-5-14(16)11-20)27-19-22-17(23-24-19)13-7-9-15(26-2)10-8-13/h3-10,12H,1-2H3,(H,21,25)(H,22,23,24)/t12-/m0/s1. The summed E-state index contributed by atoms with van der Waals surface area (Å²) in [6.45, 7) is 1.76. The number of thioether (sulfide) groups is 1. The summed E-state index contributed by atoms with van der Waals surface area (Å²) in [5, 5.41) is 19.0. The van der Waals surface area contributed by atoms with Gasteiger partial charge in [-0.2, -0.15) is 5.26 Å². The van der Waals surface area contributed by atoms with E-state index in [1.807, 2.05) is 24.3 Å². The molecule has 0 saturated heterocycles. The normalized spacial score (nSPS) is 11.4. The highest BCUT2D eigenvalue weighted by Crippen LogP contribution is 2.25. The number of aromatic nitrogens is 3. The molecule has 0 aliphatic carbocycles. The first kappa shape index (κ1) is 18.5. The Morgan fingerprint density at radius 1 is 1.26 bits per heavy atom. The highest BCUT2D eigenvalue weighted by molar-refractivity contribution is 8.00. The van der Waals surface area contributed by atoms with Gasteiger partial charge >= 0.3 is 0 Å². The molecule has 0 aliphatic rings. The third-order valence-electron chi connectivity index (χ3n) is 3.79. The fourth-order valence-electron chi connectivity index (χ4n) is 2.31. The number of carbonyl (C=O) groups excluding carboxylic acids is 1. The van der Waals surface area contributed by atoms with Crippen molar-refractivity contribution in [2.24, 2.45) is 0 Å². The number of nitrogens with zero attached hydrogens (tertiary/aromatic N) is 3. The van der Waals surface area contributed by atoms with Gasteiger partial charge in [-0.25, -0.2) is 4.98 Å². The lowest BCUT2D eigenvalue weighted by atomic mass is 10.2. The molecule has 0 aliphatic heterocycles. The van der Waals surface area contributed by atoms with Crippen LogP contribution in [-0.2, 0) is 4.79 Å². The number of amides is 1. The van der Waals surface area contributed by atoms with Gasteiger partial charge in [-0.1, -0.05) is 23.9 Å². The van der Waals surface area contributed by atoms with Gasteiger partial charge in [-0.15, -0.1) is 5.10 Å². The number of anilines is 1. The van der Waals surface area contributed by atoms with Crippen molar-refractivity contribution in [1.29, 1.82) is 5.26 Å². The minimum Gasteiger partial charge on any atom is -0.497 e. The molecule has 1 heterocycles. The summed E-state index contributed by atoms with van der Waals surface area (Å²) in [7, 11) is 1.61. The molecule has 2 aromatic carbocycles. The maximum Gasteiger partial charge on any atom is 0.237 e. The van der Waals surface area contributed by atoms with E-state index in [2.05, 4.69) is 26.6 Å². The molecule has 0 unspecified atom stereocenters. The van der Waals surface area contributed by atoms with Crippen molar-refractivity contribution in [3.05, 3.63) is 54.1 Å². The smallest absolute Gasteiger partial charge is 0.237 e. The zero-order chi connectivity index (χ0) is 19.2. The molecule has 7 nitrogen and oxygen atoms in total. The predicted molar refractivity (Wildman–Crippen MR) is 103 cm³/mol. The lowest BCUT2D eigenvalue weighted by molar-refractivity contribution is -0.115. The lowest BCUT2D eigenvalue weighted by Gasteiger charge is -2.11.